The predicted octanol–water partition coefficient (Wildman–Crippen LogP) is 1.54. The van der Waals surface area contributed by atoms with Gasteiger partial charge in [-0.3, -0.25) is 28.3 Å². The lowest BCUT2D eigenvalue weighted by molar-refractivity contribution is 0.310. The minimum absolute atomic E-state index is 0.189. The van der Waals surface area contributed by atoms with E-state index in [1.54, 1.807) is 0 Å². The van der Waals surface area contributed by atoms with Gasteiger partial charge in [-0.2, -0.15) is 0 Å². The van der Waals surface area contributed by atoms with Crippen LogP contribution in [0.5, 0.6) is 0 Å². The van der Waals surface area contributed by atoms with Crippen molar-refractivity contribution in [2.24, 2.45) is 13.0 Å². The molecule has 0 radical (unpaired) electrons. The first-order chi connectivity index (χ1) is 12.3. The first-order valence-corrected chi connectivity index (χ1v) is 8.87. The van der Waals surface area contributed by atoms with Gasteiger partial charge in [-0.05, 0) is 44.2 Å². The Balaban J connectivity index is 2.05. The molecule has 2 unspecified atom stereocenters. The smallest absolute Gasteiger partial charge is 0.262 e. The van der Waals surface area contributed by atoms with E-state index in [2.05, 4.69) is 13.0 Å². The second-order valence-electron chi connectivity index (χ2n) is 7.48. The van der Waals surface area contributed by atoms with Crippen LogP contribution < -0.4 is 22.2 Å². The summed E-state index contributed by atoms with van der Waals surface area (Å²) in [5, 5.41) is 0.791. The molecule has 0 spiro atoms. The highest BCUT2D eigenvalue weighted by Gasteiger charge is 2.32. The van der Waals surface area contributed by atoms with Crippen molar-refractivity contribution in [1.29, 1.82) is 0 Å². The highest BCUT2D eigenvalue weighted by atomic mass is 16.2. The molecule has 134 valence electrons. The molecule has 0 saturated carbocycles. The van der Waals surface area contributed by atoms with Crippen LogP contribution in [0.15, 0.2) is 43.5 Å². The van der Waals surface area contributed by atoms with Crippen molar-refractivity contribution in [1.82, 2.24) is 9.13 Å². The number of allylic oxidation sites excluding steroid dienone is 2. The molecule has 2 atom stereocenters. The molecule has 1 aromatic carbocycles. The van der Waals surface area contributed by atoms with Gasteiger partial charge in [0.25, 0.3) is 22.2 Å². The van der Waals surface area contributed by atoms with E-state index in [4.69, 9.17) is 0 Å². The summed E-state index contributed by atoms with van der Waals surface area (Å²) < 4.78 is 2.29. The lowest BCUT2D eigenvalue weighted by atomic mass is 9.82. The van der Waals surface area contributed by atoms with E-state index in [9.17, 15) is 19.2 Å². The molecule has 4 rings (SSSR count). The van der Waals surface area contributed by atoms with Crippen molar-refractivity contribution in [3.63, 3.8) is 0 Å². The van der Waals surface area contributed by atoms with Crippen LogP contribution in [0.2, 0.25) is 0 Å². The summed E-state index contributed by atoms with van der Waals surface area (Å²) in [6.45, 7) is 4.00. The number of hydrogen-bond acceptors (Lipinski definition) is 4. The van der Waals surface area contributed by atoms with E-state index >= 15 is 0 Å². The summed E-state index contributed by atoms with van der Waals surface area (Å²) in [6.07, 6.45) is 6.67. The zero-order valence-electron chi connectivity index (χ0n) is 15.0. The van der Waals surface area contributed by atoms with Gasteiger partial charge in [0.1, 0.15) is 0 Å². The second-order valence-corrected chi connectivity index (χ2v) is 7.48. The number of aromatic nitrogens is 2. The van der Waals surface area contributed by atoms with Crippen LogP contribution in [-0.2, 0) is 12.6 Å². The van der Waals surface area contributed by atoms with Crippen molar-refractivity contribution in [3.05, 3.63) is 65.7 Å². The van der Waals surface area contributed by atoms with E-state index < -0.39 is 27.8 Å². The van der Waals surface area contributed by atoms with E-state index in [1.165, 1.54) is 23.7 Å². The lowest BCUT2D eigenvalue weighted by Crippen LogP contribution is -2.43. The van der Waals surface area contributed by atoms with Crippen LogP contribution >= 0.6 is 0 Å². The Morgan fingerprint density at radius 3 is 1.88 bits per heavy atom. The number of hydrogen-bond donors (Lipinski definition) is 0. The van der Waals surface area contributed by atoms with E-state index in [0.717, 1.165) is 17.4 Å². The van der Waals surface area contributed by atoms with Crippen molar-refractivity contribution in [2.75, 3.05) is 0 Å². The monoisotopic (exact) mass is 352 g/mol. The number of nitrogens with zero attached hydrogens (tertiary/aromatic N) is 2. The molecule has 2 heterocycles. The average molecular weight is 352 g/mol. The van der Waals surface area contributed by atoms with Crippen LogP contribution in [0, 0.1) is 5.92 Å². The molecule has 0 bridgehead atoms. The fraction of sp³-hybridized carbons (Fsp3) is 0.400. The summed E-state index contributed by atoms with van der Waals surface area (Å²) in [5.74, 6) is 0.466. The van der Waals surface area contributed by atoms with E-state index in [0.29, 0.717) is 12.3 Å². The third-order valence-electron chi connectivity index (χ3n) is 5.88. The Kier molecular flexibility index (Phi) is 3.45. The first-order valence-electron chi connectivity index (χ1n) is 8.87. The topological polar surface area (TPSA) is 78.1 Å². The predicted molar refractivity (Wildman–Crippen MR) is 102 cm³/mol. The highest BCUT2D eigenvalue weighted by Crippen LogP contribution is 2.32. The Morgan fingerprint density at radius 2 is 1.46 bits per heavy atom. The molecule has 6 nitrogen and oxygen atoms in total. The van der Waals surface area contributed by atoms with Crippen LogP contribution in [0.4, 0.5) is 0 Å². The zero-order chi connectivity index (χ0) is 18.8. The Hall–Kier alpha value is -2.76. The summed E-state index contributed by atoms with van der Waals surface area (Å²) >= 11 is 0. The molecule has 26 heavy (non-hydrogen) atoms. The van der Waals surface area contributed by atoms with Crippen molar-refractivity contribution in [3.8, 4) is 0 Å². The largest absolute Gasteiger partial charge is 0.277 e. The van der Waals surface area contributed by atoms with Crippen molar-refractivity contribution in [2.45, 2.75) is 38.6 Å². The van der Waals surface area contributed by atoms with Gasteiger partial charge in [0.2, 0.25) is 0 Å². The standard InChI is InChI=1S/C20H20N2O4/c1-4-11-5-7-20(2,8-6-11)22-18(25)14-9-12-13(10-15(14)19(22)26)17(24)21(3)16(12)23/h5,7,9-11H,4,6,8H2,1-3H3. The number of rotatable bonds is 2. The molecular weight excluding hydrogens is 332 g/mol. The quantitative estimate of drug-likeness (QED) is 0.656. The fourth-order valence-corrected chi connectivity index (χ4v) is 4.09. The van der Waals surface area contributed by atoms with Crippen LogP contribution in [-0.4, -0.2) is 9.13 Å². The molecule has 2 aromatic heterocycles. The summed E-state index contributed by atoms with van der Waals surface area (Å²) in [7, 11) is 1.39. The maximum Gasteiger partial charge on any atom is 0.262 e. The second kappa shape index (κ2) is 5.37. The minimum Gasteiger partial charge on any atom is -0.277 e. The number of benzene rings is 1. The normalized spacial score (nSPS) is 23.3. The van der Waals surface area contributed by atoms with Crippen LogP contribution in [0.1, 0.15) is 33.1 Å². The number of fused-ring (bicyclic) bond motifs is 2. The lowest BCUT2D eigenvalue weighted by Gasteiger charge is -2.32. The van der Waals surface area contributed by atoms with Crippen molar-refractivity contribution >= 4 is 21.5 Å². The summed E-state index contributed by atoms with van der Waals surface area (Å²) in [5.41, 5.74) is -2.37. The Bertz CT molecular complexity index is 1210. The maximum absolute atomic E-state index is 13.0. The van der Waals surface area contributed by atoms with Crippen LogP contribution in [0.25, 0.3) is 21.5 Å². The van der Waals surface area contributed by atoms with E-state index in [-0.39, 0.29) is 21.5 Å². The van der Waals surface area contributed by atoms with Gasteiger partial charge < -0.3 is 0 Å². The molecule has 0 N–H and O–H groups in total. The van der Waals surface area contributed by atoms with E-state index in [1.807, 2.05) is 13.0 Å². The van der Waals surface area contributed by atoms with Gasteiger partial charge >= 0.3 is 0 Å². The molecule has 1 aliphatic rings. The SMILES string of the molecule is CCC1C=CC(C)(n2c(=O)c3cc4c(=O)n(C)c(=O)c4cc3c2=O)CC1. The summed E-state index contributed by atoms with van der Waals surface area (Å²) in [6, 6.07) is 2.80. The molecule has 6 heteroatoms. The van der Waals surface area contributed by atoms with Gasteiger partial charge in [-0.25, -0.2) is 0 Å². The minimum atomic E-state index is -0.686. The average Bonchev–Trinajstić information content (AvgIpc) is 3.01. The third kappa shape index (κ3) is 2.04. The van der Waals surface area contributed by atoms with Crippen LogP contribution in [0.3, 0.4) is 0 Å². The Morgan fingerprint density at radius 1 is 0.962 bits per heavy atom. The van der Waals surface area contributed by atoms with Gasteiger partial charge in [-0.15, -0.1) is 0 Å². The third-order valence-corrected chi connectivity index (χ3v) is 5.88. The van der Waals surface area contributed by atoms with Gasteiger partial charge in [-0.1, -0.05) is 19.1 Å². The molecule has 1 aliphatic carbocycles. The molecule has 0 amide bonds. The molecule has 3 aromatic rings. The highest BCUT2D eigenvalue weighted by molar-refractivity contribution is 5.97. The molecule has 0 aliphatic heterocycles. The molecule has 0 fully saturated rings. The Labute approximate surface area is 148 Å². The maximum atomic E-state index is 13.0. The molecular formula is C20H20N2O4. The first kappa shape index (κ1) is 16.7. The van der Waals surface area contributed by atoms with Crippen molar-refractivity contribution < 1.29 is 0 Å². The van der Waals surface area contributed by atoms with Gasteiger partial charge in [0.05, 0.1) is 27.1 Å². The molecule has 0 saturated heterocycles. The summed E-state index contributed by atoms with van der Waals surface area (Å²) in [4.78, 5) is 50.4. The fourth-order valence-electron chi connectivity index (χ4n) is 4.09. The van der Waals surface area contributed by atoms with Gasteiger partial charge in [0, 0.05) is 7.05 Å². The zero-order valence-corrected chi connectivity index (χ0v) is 15.0. The van der Waals surface area contributed by atoms with Gasteiger partial charge in [0.15, 0.2) is 0 Å².